The topological polar surface area (TPSA) is 12.5 Å². The van der Waals surface area contributed by atoms with Crippen LogP contribution in [0.15, 0.2) is 12.5 Å². The van der Waals surface area contributed by atoms with Crippen molar-refractivity contribution in [3.05, 3.63) is 12.5 Å². The predicted molar refractivity (Wildman–Crippen MR) is 22.7 cm³/mol. The van der Waals surface area contributed by atoms with Gasteiger partial charge in [0, 0.05) is 6.20 Å². The van der Waals surface area contributed by atoms with Crippen molar-refractivity contribution >= 4 is 7.98 Å². The van der Waals surface area contributed by atoms with E-state index in [0.29, 0.717) is 6.73 Å². The smallest absolute Gasteiger partial charge is 0.230 e. The van der Waals surface area contributed by atoms with Gasteiger partial charge in [-0.25, -0.2) is 0 Å². The zero-order chi connectivity index (χ0) is 4.41. The minimum Gasteiger partial charge on any atom is -0.481 e. The number of hydrogen-bond donors (Lipinski definition) is 0. The van der Waals surface area contributed by atoms with Gasteiger partial charge in [-0.05, 0) is 0 Å². The lowest BCUT2D eigenvalue weighted by Crippen LogP contribution is -2.08. The van der Waals surface area contributed by atoms with E-state index >= 15 is 0 Å². The minimum atomic E-state index is 0.486. The van der Waals surface area contributed by atoms with Gasteiger partial charge < -0.3 is 9.55 Å². The summed E-state index contributed by atoms with van der Waals surface area (Å²) < 4.78 is 4.68. The van der Waals surface area contributed by atoms with Crippen LogP contribution >= 0.6 is 0 Å². The number of hydrogen-bond acceptors (Lipinski definition) is 2. The maximum atomic E-state index is 5.16. The van der Waals surface area contributed by atoms with E-state index in [1.54, 1.807) is 12.5 Å². The van der Waals surface area contributed by atoms with E-state index in [1.807, 2.05) is 0 Å². The monoisotopic (exact) mass is 81.0 g/mol. The largest absolute Gasteiger partial charge is 0.481 e. The lowest BCUT2D eigenvalue weighted by molar-refractivity contribution is 0.224. The highest BCUT2D eigenvalue weighted by molar-refractivity contribution is 6.05. The van der Waals surface area contributed by atoms with Crippen LogP contribution in [0.1, 0.15) is 0 Å². The Morgan fingerprint density at radius 2 is 2.67 bits per heavy atom. The molecular formula is C3H4BNO. The molecule has 6 heavy (non-hydrogen) atoms. The Kier molecular flexibility index (Phi) is 0.745. The highest BCUT2D eigenvalue weighted by Crippen LogP contribution is 1.92. The lowest BCUT2D eigenvalue weighted by Gasteiger charge is -2.01. The summed E-state index contributed by atoms with van der Waals surface area (Å²) in [6, 6.07) is 0. The van der Waals surface area contributed by atoms with Gasteiger partial charge in [-0.2, -0.15) is 0 Å². The second-order valence-corrected chi connectivity index (χ2v) is 1.10. The maximum Gasteiger partial charge on any atom is 0.230 e. The average molecular weight is 80.9 g/mol. The molecule has 1 heterocycles. The number of ether oxygens (including phenoxy) is 1. The zero-order valence-electron chi connectivity index (χ0n) is 3.29. The van der Waals surface area contributed by atoms with Crippen LogP contribution in [0.5, 0.6) is 0 Å². The lowest BCUT2D eigenvalue weighted by atomic mass is 10.4. The third-order valence-corrected chi connectivity index (χ3v) is 0.572. The van der Waals surface area contributed by atoms with Gasteiger partial charge in [0.25, 0.3) is 0 Å². The van der Waals surface area contributed by atoms with Crippen molar-refractivity contribution in [3.63, 3.8) is 0 Å². The van der Waals surface area contributed by atoms with E-state index < -0.39 is 0 Å². The molecule has 0 spiro atoms. The molecule has 0 saturated heterocycles. The molecule has 0 aliphatic carbocycles. The summed E-state index contributed by atoms with van der Waals surface area (Å²) in [5, 5.41) is 0. The van der Waals surface area contributed by atoms with Gasteiger partial charge in [0.1, 0.15) is 13.0 Å². The summed E-state index contributed by atoms with van der Waals surface area (Å²) in [6.45, 7) is 0.486. The molecular weight excluding hydrogens is 76.9 g/mol. The molecule has 0 saturated carbocycles. The van der Waals surface area contributed by atoms with Crippen molar-refractivity contribution in [2.45, 2.75) is 0 Å². The number of rotatable bonds is 0. The molecule has 0 amide bonds. The first-order valence-corrected chi connectivity index (χ1v) is 1.69. The quantitative estimate of drug-likeness (QED) is 0.375. The van der Waals surface area contributed by atoms with E-state index in [4.69, 9.17) is 7.98 Å². The molecule has 1 aliphatic heterocycles. The van der Waals surface area contributed by atoms with Crippen LogP contribution in [0.4, 0.5) is 0 Å². The van der Waals surface area contributed by atoms with E-state index in [-0.39, 0.29) is 0 Å². The Bertz CT molecular complexity index is 73.2. The summed E-state index contributed by atoms with van der Waals surface area (Å²) in [7, 11) is 5.16. The van der Waals surface area contributed by atoms with Crippen LogP contribution in [0, 0.1) is 0 Å². The minimum absolute atomic E-state index is 0.486. The molecule has 0 aromatic heterocycles. The summed E-state index contributed by atoms with van der Waals surface area (Å²) in [4.78, 5) is 1.46. The second-order valence-electron chi connectivity index (χ2n) is 1.10. The first-order valence-electron chi connectivity index (χ1n) is 1.69. The molecule has 2 radical (unpaired) electrons. The molecule has 2 nitrogen and oxygen atoms in total. The molecule has 1 rings (SSSR count). The zero-order valence-corrected chi connectivity index (χ0v) is 3.29. The normalized spacial score (nSPS) is 18.3. The van der Waals surface area contributed by atoms with Crippen molar-refractivity contribution in [1.82, 2.24) is 4.81 Å². The summed E-state index contributed by atoms with van der Waals surface area (Å²) in [5.41, 5.74) is 0. The maximum absolute atomic E-state index is 5.16. The third kappa shape index (κ3) is 0.480. The van der Waals surface area contributed by atoms with Gasteiger partial charge in [0.15, 0.2) is 0 Å². The van der Waals surface area contributed by atoms with Crippen LogP contribution in [-0.2, 0) is 4.74 Å². The Hall–Kier alpha value is -0.595. The van der Waals surface area contributed by atoms with Crippen molar-refractivity contribution in [3.8, 4) is 0 Å². The van der Waals surface area contributed by atoms with Crippen molar-refractivity contribution in [2.75, 3.05) is 6.73 Å². The Labute approximate surface area is 37.8 Å². The van der Waals surface area contributed by atoms with E-state index in [1.165, 1.54) is 4.81 Å². The van der Waals surface area contributed by atoms with Crippen molar-refractivity contribution in [2.24, 2.45) is 0 Å². The van der Waals surface area contributed by atoms with Crippen LogP contribution in [0.2, 0.25) is 0 Å². The van der Waals surface area contributed by atoms with Gasteiger partial charge in [-0.1, -0.05) is 0 Å². The van der Waals surface area contributed by atoms with Gasteiger partial charge >= 0.3 is 0 Å². The fraction of sp³-hybridized carbons (Fsp3) is 0.333. The van der Waals surface area contributed by atoms with Crippen LogP contribution in [0.3, 0.4) is 0 Å². The van der Waals surface area contributed by atoms with Crippen LogP contribution in [-0.4, -0.2) is 19.5 Å². The highest BCUT2D eigenvalue weighted by Gasteiger charge is 1.92. The molecule has 0 aromatic rings. The van der Waals surface area contributed by atoms with Crippen LogP contribution in [0.25, 0.3) is 0 Å². The van der Waals surface area contributed by atoms with Crippen molar-refractivity contribution in [1.29, 1.82) is 0 Å². The standard InChI is InChI=1S/C3H4BNO/c4-5-1-2-6-3-5/h1-2H,3H2. The Balaban J connectivity index is 2.38. The van der Waals surface area contributed by atoms with Crippen molar-refractivity contribution < 1.29 is 4.74 Å². The summed E-state index contributed by atoms with van der Waals surface area (Å²) in [5.74, 6) is 0. The molecule has 0 atom stereocenters. The average Bonchev–Trinajstić information content (AvgIpc) is 1.86. The summed E-state index contributed by atoms with van der Waals surface area (Å²) in [6.07, 6.45) is 3.22. The molecule has 30 valence electrons. The van der Waals surface area contributed by atoms with Gasteiger partial charge in [-0.15, -0.1) is 0 Å². The first-order chi connectivity index (χ1) is 2.89. The molecule has 0 unspecified atom stereocenters. The highest BCUT2D eigenvalue weighted by atomic mass is 16.5. The Morgan fingerprint density at radius 3 is 2.83 bits per heavy atom. The number of nitrogens with zero attached hydrogens (tertiary/aromatic N) is 1. The molecule has 0 N–H and O–H groups in total. The van der Waals surface area contributed by atoms with Gasteiger partial charge in [-0.3, -0.25) is 0 Å². The summed E-state index contributed by atoms with van der Waals surface area (Å²) >= 11 is 0. The third-order valence-electron chi connectivity index (χ3n) is 0.572. The molecule has 1 aliphatic rings. The van der Waals surface area contributed by atoms with E-state index in [2.05, 4.69) is 4.74 Å². The van der Waals surface area contributed by atoms with E-state index in [9.17, 15) is 0 Å². The van der Waals surface area contributed by atoms with Crippen LogP contribution < -0.4 is 0 Å². The van der Waals surface area contributed by atoms with E-state index in [0.717, 1.165) is 0 Å². The molecule has 0 bridgehead atoms. The molecule has 0 aromatic carbocycles. The molecule has 0 fully saturated rings. The SMILES string of the molecule is [B]N1C=COC1. The van der Waals surface area contributed by atoms with Gasteiger partial charge in [0.05, 0.1) is 0 Å². The van der Waals surface area contributed by atoms with Gasteiger partial charge in [0.2, 0.25) is 7.98 Å². The fourth-order valence-corrected chi connectivity index (χ4v) is 0.293. The fourth-order valence-electron chi connectivity index (χ4n) is 0.293. The first kappa shape index (κ1) is 3.59. The predicted octanol–water partition coefficient (Wildman–Crippen LogP) is -0.169. The molecule has 3 heteroatoms. The second kappa shape index (κ2) is 1.24. The Morgan fingerprint density at radius 1 is 1.83 bits per heavy atom.